The minimum atomic E-state index is -0.387. The highest BCUT2D eigenvalue weighted by Gasteiger charge is 2.57. The molecular formula is C19H22O3. The number of hydrogen-bond acceptors (Lipinski definition) is 3. The topological polar surface area (TPSA) is 43.4 Å². The summed E-state index contributed by atoms with van der Waals surface area (Å²) in [5.74, 6) is 2.17. The van der Waals surface area contributed by atoms with E-state index in [4.69, 9.17) is 4.74 Å². The fourth-order valence-corrected chi connectivity index (χ4v) is 5.28. The van der Waals surface area contributed by atoms with Crippen LogP contribution in [-0.4, -0.2) is 18.7 Å². The second-order valence-electron chi connectivity index (χ2n) is 7.37. The van der Waals surface area contributed by atoms with E-state index in [2.05, 4.69) is 12.1 Å². The molecule has 3 aliphatic carbocycles. The number of ketones is 2. The van der Waals surface area contributed by atoms with Gasteiger partial charge in [0.2, 0.25) is 0 Å². The van der Waals surface area contributed by atoms with Crippen molar-refractivity contribution in [3.8, 4) is 5.75 Å². The zero-order valence-electron chi connectivity index (χ0n) is 13.2. The van der Waals surface area contributed by atoms with Crippen molar-refractivity contribution >= 4 is 11.6 Å². The second-order valence-corrected chi connectivity index (χ2v) is 7.37. The van der Waals surface area contributed by atoms with Gasteiger partial charge in [0.25, 0.3) is 0 Å². The van der Waals surface area contributed by atoms with Gasteiger partial charge in [-0.05, 0) is 54.4 Å². The third-order valence-electron chi connectivity index (χ3n) is 6.40. The number of benzene rings is 1. The highest BCUT2D eigenvalue weighted by atomic mass is 16.5. The Morgan fingerprint density at radius 1 is 1.18 bits per heavy atom. The molecule has 3 heteroatoms. The summed E-state index contributed by atoms with van der Waals surface area (Å²) in [5.41, 5.74) is 2.05. The summed E-state index contributed by atoms with van der Waals surface area (Å²) in [5, 5.41) is 0. The van der Waals surface area contributed by atoms with E-state index < -0.39 is 0 Å². The molecule has 2 saturated carbocycles. The van der Waals surface area contributed by atoms with Crippen molar-refractivity contribution < 1.29 is 14.3 Å². The molecule has 1 aromatic carbocycles. The normalized spacial score (nSPS) is 36.5. The summed E-state index contributed by atoms with van der Waals surface area (Å²) in [6.07, 6.45) is 4.07. The Bertz CT molecular complexity index is 663. The lowest BCUT2D eigenvalue weighted by molar-refractivity contribution is -0.139. The maximum atomic E-state index is 12.9. The van der Waals surface area contributed by atoms with E-state index in [1.807, 2.05) is 13.0 Å². The molecule has 0 aliphatic heterocycles. The minimum absolute atomic E-state index is 0.00127. The molecule has 4 atom stereocenters. The molecule has 3 aliphatic rings. The molecule has 1 aromatic rings. The molecule has 4 rings (SSSR count). The van der Waals surface area contributed by atoms with E-state index in [1.54, 1.807) is 7.11 Å². The zero-order chi connectivity index (χ0) is 15.5. The van der Waals surface area contributed by atoms with Gasteiger partial charge in [0.05, 0.1) is 7.11 Å². The Balaban J connectivity index is 1.77. The van der Waals surface area contributed by atoms with E-state index in [-0.39, 0.29) is 17.1 Å². The number of aryl methyl sites for hydroxylation is 1. The number of Topliss-reactive ketones (excluding diaryl/α,β-unsaturated/α-hetero) is 2. The highest BCUT2D eigenvalue weighted by Crippen LogP contribution is 2.58. The molecule has 2 fully saturated rings. The molecule has 22 heavy (non-hydrogen) atoms. The monoisotopic (exact) mass is 298 g/mol. The predicted molar refractivity (Wildman–Crippen MR) is 83.0 cm³/mol. The molecule has 0 N–H and O–H groups in total. The van der Waals surface area contributed by atoms with E-state index in [0.29, 0.717) is 30.5 Å². The first-order valence-electron chi connectivity index (χ1n) is 8.27. The van der Waals surface area contributed by atoms with E-state index in [1.165, 1.54) is 11.1 Å². The second kappa shape index (κ2) is 4.68. The molecule has 0 radical (unpaired) electrons. The van der Waals surface area contributed by atoms with Gasteiger partial charge in [0.15, 0.2) is 0 Å². The third-order valence-corrected chi connectivity index (χ3v) is 6.40. The number of carbonyl (C=O) groups is 2. The lowest BCUT2D eigenvalue weighted by Crippen LogP contribution is -2.47. The van der Waals surface area contributed by atoms with Crippen LogP contribution in [0.25, 0.3) is 0 Å². The quantitative estimate of drug-likeness (QED) is 0.799. The van der Waals surface area contributed by atoms with E-state index in [9.17, 15) is 9.59 Å². The Labute approximate surface area is 131 Å². The van der Waals surface area contributed by atoms with Crippen LogP contribution in [-0.2, 0) is 16.0 Å². The summed E-state index contributed by atoms with van der Waals surface area (Å²) in [4.78, 5) is 25.2. The molecule has 0 bridgehead atoms. The number of ether oxygens (including phenoxy) is 1. The van der Waals surface area contributed by atoms with Crippen molar-refractivity contribution in [1.29, 1.82) is 0 Å². The van der Waals surface area contributed by atoms with Crippen molar-refractivity contribution in [3.63, 3.8) is 0 Å². The van der Waals surface area contributed by atoms with Gasteiger partial charge < -0.3 is 4.74 Å². The predicted octanol–water partition coefficient (Wildman–Crippen LogP) is 3.30. The van der Waals surface area contributed by atoms with Crippen LogP contribution in [0.4, 0.5) is 0 Å². The standard InChI is InChI=1S/C19H22O3/c1-19-10-16(20)18-13-6-4-12(22-2)9-11(13)3-5-14(18)15(19)7-8-17(19)21/h4,6,9,14-15,18H,3,5,7-8,10H2,1-2H3/t14-,15-,18+,19-/m0/s1. The Hall–Kier alpha value is -1.64. The first-order valence-corrected chi connectivity index (χ1v) is 8.27. The highest BCUT2D eigenvalue weighted by molar-refractivity contribution is 5.97. The third kappa shape index (κ3) is 1.74. The van der Waals surface area contributed by atoms with Gasteiger partial charge in [-0.2, -0.15) is 0 Å². The van der Waals surface area contributed by atoms with Crippen molar-refractivity contribution in [1.82, 2.24) is 0 Å². The molecule has 0 saturated heterocycles. The zero-order valence-corrected chi connectivity index (χ0v) is 13.2. The Morgan fingerprint density at radius 2 is 2.00 bits per heavy atom. The molecule has 0 spiro atoms. The van der Waals surface area contributed by atoms with Crippen LogP contribution in [0.2, 0.25) is 0 Å². The SMILES string of the molecule is COc1ccc2c(c1)CC[C@@H]1[C@@H]2C(=O)C[C@]2(C)C(=O)CC[C@@H]12. The van der Waals surface area contributed by atoms with Gasteiger partial charge in [-0.25, -0.2) is 0 Å². The molecular weight excluding hydrogens is 276 g/mol. The first-order chi connectivity index (χ1) is 10.5. The molecule has 116 valence electrons. The lowest BCUT2D eigenvalue weighted by Gasteiger charge is -2.47. The van der Waals surface area contributed by atoms with Crippen LogP contribution in [0, 0.1) is 17.3 Å². The first kappa shape index (κ1) is 14.0. The molecule has 3 nitrogen and oxygen atoms in total. The van der Waals surface area contributed by atoms with Gasteiger partial charge in [-0.1, -0.05) is 13.0 Å². The van der Waals surface area contributed by atoms with Crippen LogP contribution >= 0.6 is 0 Å². The van der Waals surface area contributed by atoms with Crippen LogP contribution < -0.4 is 4.74 Å². The van der Waals surface area contributed by atoms with Crippen LogP contribution in [0.1, 0.15) is 49.7 Å². The van der Waals surface area contributed by atoms with Crippen LogP contribution in [0.3, 0.4) is 0 Å². The van der Waals surface area contributed by atoms with Gasteiger partial charge in [-0.15, -0.1) is 0 Å². The summed E-state index contributed by atoms with van der Waals surface area (Å²) in [7, 11) is 1.68. The summed E-state index contributed by atoms with van der Waals surface area (Å²) in [6.45, 7) is 2.03. The van der Waals surface area contributed by atoms with Crippen molar-refractivity contribution in [3.05, 3.63) is 29.3 Å². The Morgan fingerprint density at radius 3 is 2.77 bits per heavy atom. The Kier molecular flexibility index (Phi) is 2.97. The summed E-state index contributed by atoms with van der Waals surface area (Å²) in [6, 6.07) is 6.11. The summed E-state index contributed by atoms with van der Waals surface area (Å²) >= 11 is 0. The fraction of sp³-hybridized carbons (Fsp3) is 0.579. The molecule has 0 amide bonds. The van der Waals surface area contributed by atoms with Crippen LogP contribution in [0.5, 0.6) is 5.75 Å². The van der Waals surface area contributed by atoms with Crippen molar-refractivity contribution in [2.45, 2.75) is 44.9 Å². The van der Waals surface area contributed by atoms with Gasteiger partial charge >= 0.3 is 0 Å². The minimum Gasteiger partial charge on any atom is -0.497 e. The van der Waals surface area contributed by atoms with Gasteiger partial charge in [-0.3, -0.25) is 9.59 Å². The van der Waals surface area contributed by atoms with Crippen molar-refractivity contribution in [2.24, 2.45) is 17.3 Å². The maximum absolute atomic E-state index is 12.9. The number of rotatable bonds is 1. The molecule has 0 unspecified atom stereocenters. The average molecular weight is 298 g/mol. The van der Waals surface area contributed by atoms with Gasteiger partial charge in [0, 0.05) is 24.2 Å². The number of carbonyl (C=O) groups excluding carboxylic acids is 2. The summed E-state index contributed by atoms with van der Waals surface area (Å²) < 4.78 is 5.31. The molecule has 0 aromatic heterocycles. The lowest BCUT2D eigenvalue weighted by atomic mass is 9.55. The largest absolute Gasteiger partial charge is 0.497 e. The van der Waals surface area contributed by atoms with Crippen molar-refractivity contribution in [2.75, 3.05) is 7.11 Å². The maximum Gasteiger partial charge on any atom is 0.141 e. The molecule has 0 heterocycles. The van der Waals surface area contributed by atoms with Gasteiger partial charge in [0.1, 0.15) is 17.3 Å². The average Bonchev–Trinajstić information content (AvgIpc) is 2.81. The van der Waals surface area contributed by atoms with E-state index in [0.717, 1.165) is 25.0 Å². The van der Waals surface area contributed by atoms with Crippen LogP contribution in [0.15, 0.2) is 18.2 Å². The number of fused-ring (bicyclic) bond motifs is 5. The fourth-order valence-electron chi connectivity index (χ4n) is 5.28. The number of methoxy groups -OCH3 is 1. The number of hydrogen-bond donors (Lipinski definition) is 0. The van der Waals surface area contributed by atoms with E-state index >= 15 is 0 Å². The smallest absolute Gasteiger partial charge is 0.141 e.